The number of carbonyl (C=O) groups excluding carboxylic acids is 2. The van der Waals surface area contributed by atoms with Gasteiger partial charge in [-0.25, -0.2) is 9.36 Å². The Hall–Kier alpha value is -2.30. The number of unbranched alkanes of at least 4 members (excludes halogenated alkanes) is 24. The van der Waals surface area contributed by atoms with E-state index < -0.39 is 57.7 Å². The van der Waals surface area contributed by atoms with E-state index in [0.717, 1.165) is 38.5 Å². The smallest absolute Gasteiger partial charge is 0.472 e. The molecule has 4 N–H and O–H groups in total. The normalized spacial score (nSPS) is 13.9. The lowest BCUT2D eigenvalue weighted by Crippen LogP contribution is -2.34. The molecule has 0 amide bonds. The highest BCUT2D eigenvalue weighted by molar-refractivity contribution is 7.47. The van der Waals surface area contributed by atoms with Crippen LogP contribution in [0.2, 0.25) is 0 Å². The van der Waals surface area contributed by atoms with E-state index in [1.807, 2.05) is 12.2 Å². The van der Waals surface area contributed by atoms with Gasteiger partial charge in [0.2, 0.25) is 0 Å². The standard InChI is InChI=1S/C42H76NO10P/c1-3-5-7-9-11-13-15-17-19-21-23-25-27-29-31-33-40(44)50-35-38(36-51-54(48,49)52-37-39(43)42(46)47)53-41(45)34-32-30-28-26-24-22-20-18-16-14-12-10-8-6-4-2/h4,27,29,31,33,38-39H,2-3,5-26,28,30,32,34-37,43H2,1H3,(H,46,47)(H,48,49)/b29-27+,33-31+/t38-,39+/m1/s1. The van der Waals surface area contributed by atoms with Gasteiger partial charge < -0.3 is 25.2 Å². The number of carboxylic acids is 1. The van der Waals surface area contributed by atoms with Gasteiger partial charge in [0.25, 0.3) is 0 Å². The summed E-state index contributed by atoms with van der Waals surface area (Å²) in [6, 6.07) is -1.53. The highest BCUT2D eigenvalue weighted by Crippen LogP contribution is 2.43. The van der Waals surface area contributed by atoms with Crippen molar-refractivity contribution in [3.8, 4) is 0 Å². The third kappa shape index (κ3) is 36.7. The van der Waals surface area contributed by atoms with E-state index in [9.17, 15) is 23.8 Å². The fourth-order valence-corrected chi connectivity index (χ4v) is 6.56. The maximum atomic E-state index is 12.6. The minimum atomic E-state index is -4.73. The minimum Gasteiger partial charge on any atom is -0.480 e. The molecule has 0 heterocycles. The summed E-state index contributed by atoms with van der Waals surface area (Å²) < 4.78 is 32.5. The van der Waals surface area contributed by atoms with Gasteiger partial charge in [-0.1, -0.05) is 166 Å². The lowest BCUT2D eigenvalue weighted by molar-refractivity contribution is -0.159. The molecule has 0 bridgehead atoms. The molecule has 54 heavy (non-hydrogen) atoms. The predicted molar refractivity (Wildman–Crippen MR) is 217 cm³/mol. The number of ether oxygens (including phenoxy) is 2. The molecular formula is C42H76NO10P. The lowest BCUT2D eigenvalue weighted by Gasteiger charge is -2.20. The van der Waals surface area contributed by atoms with E-state index in [-0.39, 0.29) is 6.42 Å². The summed E-state index contributed by atoms with van der Waals surface area (Å²) in [7, 11) is -4.73. The molecule has 1 unspecified atom stereocenters. The van der Waals surface area contributed by atoms with E-state index in [4.69, 9.17) is 24.8 Å². The molecule has 0 aliphatic carbocycles. The summed E-state index contributed by atoms with van der Waals surface area (Å²) in [5, 5.41) is 8.87. The molecule has 11 nitrogen and oxygen atoms in total. The maximum absolute atomic E-state index is 12.6. The second kappa shape index (κ2) is 37.6. The monoisotopic (exact) mass is 786 g/mol. The highest BCUT2D eigenvalue weighted by atomic mass is 31.2. The Labute approximate surface area is 327 Å². The van der Waals surface area contributed by atoms with Crippen molar-refractivity contribution in [2.45, 2.75) is 192 Å². The highest BCUT2D eigenvalue weighted by Gasteiger charge is 2.28. The van der Waals surface area contributed by atoms with Crippen molar-refractivity contribution in [2.75, 3.05) is 19.8 Å². The first-order valence-electron chi connectivity index (χ1n) is 21.0. The number of rotatable bonds is 40. The number of esters is 2. The van der Waals surface area contributed by atoms with Crippen LogP contribution in [0.5, 0.6) is 0 Å². The molecule has 12 heteroatoms. The first-order valence-corrected chi connectivity index (χ1v) is 22.5. The van der Waals surface area contributed by atoms with Gasteiger partial charge in [0.15, 0.2) is 6.10 Å². The summed E-state index contributed by atoms with van der Waals surface area (Å²) >= 11 is 0. The molecule has 3 atom stereocenters. The first kappa shape index (κ1) is 51.7. The van der Waals surface area contributed by atoms with E-state index in [2.05, 4.69) is 18.0 Å². The number of carboxylic acid groups (broad SMARTS) is 1. The Morgan fingerprint density at radius 1 is 0.667 bits per heavy atom. The topological polar surface area (TPSA) is 172 Å². The zero-order chi connectivity index (χ0) is 40.0. The number of hydrogen-bond donors (Lipinski definition) is 3. The van der Waals surface area contributed by atoms with Crippen LogP contribution in [0.25, 0.3) is 0 Å². The van der Waals surface area contributed by atoms with Crippen LogP contribution < -0.4 is 5.73 Å². The lowest BCUT2D eigenvalue weighted by atomic mass is 10.0. The zero-order valence-corrected chi connectivity index (χ0v) is 34.5. The molecule has 0 rings (SSSR count). The van der Waals surface area contributed by atoms with Gasteiger partial charge in [-0.2, -0.15) is 0 Å². The van der Waals surface area contributed by atoms with Gasteiger partial charge >= 0.3 is 25.7 Å². The van der Waals surface area contributed by atoms with Crippen LogP contribution in [0.3, 0.4) is 0 Å². The first-order chi connectivity index (χ1) is 26.1. The number of aliphatic carboxylic acids is 1. The molecule has 0 aliphatic heterocycles. The molecule has 0 aromatic rings. The molecular weight excluding hydrogens is 709 g/mol. The number of phosphoric acid groups is 1. The van der Waals surface area contributed by atoms with Crippen molar-refractivity contribution in [2.24, 2.45) is 5.73 Å². The number of phosphoric ester groups is 1. The van der Waals surface area contributed by atoms with Crippen molar-refractivity contribution in [3.05, 3.63) is 37.0 Å². The van der Waals surface area contributed by atoms with Crippen LogP contribution >= 0.6 is 7.82 Å². The van der Waals surface area contributed by atoms with Crippen molar-refractivity contribution in [1.82, 2.24) is 0 Å². The average molecular weight is 786 g/mol. The molecule has 0 saturated carbocycles. The fourth-order valence-electron chi connectivity index (χ4n) is 5.78. The van der Waals surface area contributed by atoms with Gasteiger partial charge in [-0.3, -0.25) is 18.6 Å². The molecule has 0 spiro atoms. The largest absolute Gasteiger partial charge is 0.480 e. The number of nitrogens with two attached hydrogens (primary N) is 1. The van der Waals surface area contributed by atoms with E-state index in [1.54, 1.807) is 12.2 Å². The Kier molecular flexibility index (Phi) is 36.0. The van der Waals surface area contributed by atoms with E-state index >= 15 is 0 Å². The van der Waals surface area contributed by atoms with Crippen LogP contribution in [-0.2, 0) is 37.5 Å². The van der Waals surface area contributed by atoms with Crippen molar-refractivity contribution < 1.29 is 47.5 Å². The Balaban J connectivity index is 4.46. The number of carbonyl (C=O) groups is 3. The van der Waals surface area contributed by atoms with Crippen molar-refractivity contribution >= 4 is 25.7 Å². The van der Waals surface area contributed by atoms with Crippen molar-refractivity contribution in [3.63, 3.8) is 0 Å². The van der Waals surface area contributed by atoms with Gasteiger partial charge in [0.05, 0.1) is 13.2 Å². The van der Waals surface area contributed by atoms with Gasteiger partial charge in [0.1, 0.15) is 12.6 Å². The molecule has 0 fully saturated rings. The fraction of sp³-hybridized carbons (Fsp3) is 0.786. The second-order valence-corrected chi connectivity index (χ2v) is 15.7. The number of hydrogen-bond acceptors (Lipinski definition) is 9. The van der Waals surface area contributed by atoms with Crippen LogP contribution in [0.15, 0.2) is 37.0 Å². The molecule has 0 saturated heterocycles. The quantitative estimate of drug-likeness (QED) is 0.0135. The number of allylic oxidation sites excluding steroid dienone is 4. The third-order valence-corrected chi connectivity index (χ3v) is 10.1. The summed E-state index contributed by atoms with van der Waals surface area (Å²) in [4.78, 5) is 45.7. The van der Waals surface area contributed by atoms with Crippen LogP contribution in [0, 0.1) is 0 Å². The molecule has 0 aromatic carbocycles. The average Bonchev–Trinajstić information content (AvgIpc) is 3.14. The maximum Gasteiger partial charge on any atom is 0.472 e. The Bertz CT molecular complexity index is 1050. The molecule has 0 aliphatic rings. The Morgan fingerprint density at radius 2 is 1.13 bits per heavy atom. The summed E-state index contributed by atoms with van der Waals surface area (Å²) in [6.45, 7) is 4.20. The summed E-state index contributed by atoms with van der Waals surface area (Å²) in [6.07, 6.45) is 38.8. The van der Waals surface area contributed by atoms with Gasteiger partial charge in [-0.15, -0.1) is 6.58 Å². The third-order valence-electron chi connectivity index (χ3n) is 9.11. The van der Waals surface area contributed by atoms with Crippen LogP contribution in [0.1, 0.15) is 180 Å². The molecule has 0 aromatic heterocycles. The van der Waals surface area contributed by atoms with Gasteiger partial charge in [0, 0.05) is 12.5 Å². The van der Waals surface area contributed by atoms with Crippen molar-refractivity contribution in [1.29, 1.82) is 0 Å². The zero-order valence-electron chi connectivity index (χ0n) is 33.6. The Morgan fingerprint density at radius 3 is 1.63 bits per heavy atom. The SMILES string of the molecule is C=CCCCCCCCCCCCCCCCC(=O)O[C@H](COC(=O)/C=C/C=C/CCCCCCCCCCCCC)COP(=O)(O)OC[C@H](N)C(=O)O. The van der Waals surface area contributed by atoms with Crippen LogP contribution in [-0.4, -0.2) is 59.9 Å². The van der Waals surface area contributed by atoms with Crippen LogP contribution in [0.4, 0.5) is 0 Å². The van der Waals surface area contributed by atoms with Gasteiger partial charge in [-0.05, 0) is 32.1 Å². The predicted octanol–water partition coefficient (Wildman–Crippen LogP) is 10.8. The molecule has 0 radical (unpaired) electrons. The minimum absolute atomic E-state index is 0.141. The summed E-state index contributed by atoms with van der Waals surface area (Å²) in [5.74, 6) is -2.64. The molecule has 314 valence electrons. The summed E-state index contributed by atoms with van der Waals surface area (Å²) in [5.41, 5.74) is 5.32. The van der Waals surface area contributed by atoms with E-state index in [1.165, 1.54) is 128 Å². The van der Waals surface area contributed by atoms with E-state index in [0.29, 0.717) is 6.42 Å². The second-order valence-electron chi connectivity index (χ2n) is 14.3.